The minimum absolute atomic E-state index is 0.00966. The predicted octanol–water partition coefficient (Wildman–Crippen LogP) is 1.78. The van der Waals surface area contributed by atoms with Crippen LogP contribution >= 0.6 is 0 Å². The summed E-state index contributed by atoms with van der Waals surface area (Å²) in [5.41, 5.74) is 1.45. The Balaban J connectivity index is 1.31. The average molecular weight is 341 g/mol. The molecule has 1 N–H and O–H groups in total. The third-order valence-corrected chi connectivity index (χ3v) is 6.24. The van der Waals surface area contributed by atoms with Crippen molar-refractivity contribution in [3.05, 3.63) is 48.0 Å². The van der Waals surface area contributed by atoms with E-state index in [1.807, 2.05) is 11.0 Å². The number of aliphatic hydroxyl groups excluding tert-OH is 1. The second-order valence-corrected chi connectivity index (χ2v) is 7.59. The van der Waals surface area contributed by atoms with Gasteiger partial charge in [0.25, 0.3) is 0 Å². The molecule has 1 amide bonds. The molecule has 0 unspecified atom stereocenters. The first-order chi connectivity index (χ1) is 12.1. The number of aliphatic hydroxyl groups is 1. The molecule has 0 radical (unpaired) electrons. The van der Waals surface area contributed by atoms with Gasteiger partial charge in [0.1, 0.15) is 5.82 Å². The molecule has 2 heterocycles. The van der Waals surface area contributed by atoms with E-state index in [0.29, 0.717) is 23.4 Å². The number of carbonyl (C=O) groups excluding carboxylic acids is 1. The molecule has 3 fully saturated rings. The maximum absolute atomic E-state index is 13.0. The molecule has 6 heteroatoms. The number of likely N-dealkylation sites (tertiary alicyclic amines) is 1. The standard InChI is InChI=1S/C19H20FN3O2/c20-13-1-3-15(4-2-13)23-6-5-14(21-23)9-17(24)22-10-12-7-11-8-16(12)18(22)19(11)25/h1-6,11-12,16,18-19,25H,7-10H2/t11-,12-,16+,18-,19+/m0/s1. The first kappa shape index (κ1) is 15.1. The van der Waals surface area contributed by atoms with Crippen molar-refractivity contribution in [2.75, 3.05) is 6.54 Å². The lowest BCUT2D eigenvalue weighted by Gasteiger charge is -2.28. The number of amides is 1. The fourth-order valence-corrected chi connectivity index (χ4v) is 5.15. The van der Waals surface area contributed by atoms with Crippen LogP contribution < -0.4 is 0 Å². The van der Waals surface area contributed by atoms with Gasteiger partial charge >= 0.3 is 0 Å². The van der Waals surface area contributed by atoms with Gasteiger partial charge in [-0.25, -0.2) is 9.07 Å². The quantitative estimate of drug-likeness (QED) is 0.926. The summed E-state index contributed by atoms with van der Waals surface area (Å²) in [6, 6.07) is 7.91. The number of aromatic nitrogens is 2. The summed E-state index contributed by atoms with van der Waals surface area (Å²) in [4.78, 5) is 14.7. The molecule has 5 nitrogen and oxygen atoms in total. The zero-order valence-electron chi connectivity index (χ0n) is 13.8. The Morgan fingerprint density at radius 2 is 2.00 bits per heavy atom. The van der Waals surface area contributed by atoms with Gasteiger partial charge in [-0.1, -0.05) is 0 Å². The minimum atomic E-state index is -0.357. The lowest BCUT2D eigenvalue weighted by atomic mass is 9.88. The molecule has 0 spiro atoms. The highest BCUT2D eigenvalue weighted by molar-refractivity contribution is 5.79. The van der Waals surface area contributed by atoms with E-state index >= 15 is 0 Å². The first-order valence-corrected chi connectivity index (χ1v) is 8.88. The lowest BCUT2D eigenvalue weighted by molar-refractivity contribution is -0.133. The predicted molar refractivity (Wildman–Crippen MR) is 88.4 cm³/mol. The Labute approximate surface area is 145 Å². The maximum atomic E-state index is 13.0. The van der Waals surface area contributed by atoms with E-state index in [2.05, 4.69) is 5.10 Å². The molecule has 25 heavy (non-hydrogen) atoms. The molecule has 2 saturated carbocycles. The van der Waals surface area contributed by atoms with Crippen molar-refractivity contribution in [2.45, 2.75) is 31.4 Å². The number of hydrogen-bond acceptors (Lipinski definition) is 3. The highest BCUT2D eigenvalue weighted by atomic mass is 19.1. The number of rotatable bonds is 3. The van der Waals surface area contributed by atoms with Crippen molar-refractivity contribution in [1.29, 1.82) is 0 Å². The third kappa shape index (κ3) is 2.31. The second kappa shape index (κ2) is 5.39. The summed E-state index contributed by atoms with van der Waals surface area (Å²) < 4.78 is 14.7. The van der Waals surface area contributed by atoms with Gasteiger partial charge in [-0.2, -0.15) is 5.10 Å². The Kier molecular flexibility index (Phi) is 3.25. The fourth-order valence-electron chi connectivity index (χ4n) is 5.15. The van der Waals surface area contributed by atoms with Gasteiger partial charge in [-0.3, -0.25) is 4.79 Å². The molecular weight excluding hydrogens is 321 g/mol. The SMILES string of the molecule is O=C(Cc1ccn(-c2ccc(F)cc2)n1)N1C[C@@H]2C[C@H]3C[C@H]2[C@H]1[C@@H]3O. The van der Waals surface area contributed by atoms with Crippen LogP contribution in [-0.4, -0.2) is 44.4 Å². The normalized spacial score (nSPS) is 32.6. The van der Waals surface area contributed by atoms with Crippen LogP contribution in [0.3, 0.4) is 0 Å². The highest BCUT2D eigenvalue weighted by Crippen LogP contribution is 2.54. The largest absolute Gasteiger partial charge is 0.391 e. The summed E-state index contributed by atoms with van der Waals surface area (Å²) in [6.45, 7) is 0.778. The van der Waals surface area contributed by atoms with Crippen LogP contribution in [0.15, 0.2) is 36.5 Å². The minimum Gasteiger partial charge on any atom is -0.391 e. The third-order valence-electron chi connectivity index (χ3n) is 6.24. The van der Waals surface area contributed by atoms with Crippen LogP contribution in [0, 0.1) is 23.6 Å². The highest BCUT2D eigenvalue weighted by Gasteiger charge is 2.59. The molecule has 130 valence electrons. The van der Waals surface area contributed by atoms with Gasteiger partial charge in [-0.15, -0.1) is 0 Å². The zero-order valence-corrected chi connectivity index (χ0v) is 13.8. The summed E-state index contributed by atoms with van der Waals surface area (Å²) in [5, 5.41) is 14.9. The van der Waals surface area contributed by atoms with Crippen molar-refractivity contribution in [2.24, 2.45) is 17.8 Å². The first-order valence-electron chi connectivity index (χ1n) is 8.88. The van der Waals surface area contributed by atoms with Crippen molar-refractivity contribution >= 4 is 5.91 Å². The van der Waals surface area contributed by atoms with Crippen LogP contribution in [0.5, 0.6) is 0 Å². The van der Waals surface area contributed by atoms with Gasteiger partial charge in [-0.05, 0) is 60.9 Å². The number of carbonyl (C=O) groups is 1. The summed E-state index contributed by atoms with van der Waals surface area (Å²) in [7, 11) is 0. The summed E-state index contributed by atoms with van der Waals surface area (Å²) in [6.07, 6.45) is 3.79. The molecular formula is C19H20FN3O2. The molecule has 2 aromatic rings. The van der Waals surface area contributed by atoms with Crippen molar-refractivity contribution < 1.29 is 14.3 Å². The summed E-state index contributed by atoms with van der Waals surface area (Å²) >= 11 is 0. The van der Waals surface area contributed by atoms with E-state index in [4.69, 9.17) is 0 Å². The van der Waals surface area contributed by atoms with Crippen LogP contribution in [-0.2, 0) is 11.2 Å². The molecule has 3 aliphatic rings. The van der Waals surface area contributed by atoms with E-state index in [1.165, 1.54) is 12.1 Å². The molecule has 1 saturated heterocycles. The van der Waals surface area contributed by atoms with Crippen molar-refractivity contribution in [3.63, 3.8) is 0 Å². The Morgan fingerprint density at radius 1 is 1.20 bits per heavy atom. The van der Waals surface area contributed by atoms with Gasteiger partial charge in [0, 0.05) is 12.7 Å². The fraction of sp³-hybridized carbons (Fsp3) is 0.474. The van der Waals surface area contributed by atoms with Crippen LogP contribution in [0.1, 0.15) is 18.5 Å². The maximum Gasteiger partial charge on any atom is 0.229 e. The Hall–Kier alpha value is -2.21. The number of halogens is 1. The van der Waals surface area contributed by atoms with Crippen molar-refractivity contribution in [1.82, 2.24) is 14.7 Å². The Morgan fingerprint density at radius 3 is 2.76 bits per heavy atom. The van der Waals surface area contributed by atoms with Gasteiger partial charge in [0.15, 0.2) is 0 Å². The number of fused-ring (bicyclic) bond motifs is 1. The number of nitrogens with zero attached hydrogens (tertiary/aromatic N) is 3. The van der Waals surface area contributed by atoms with E-state index in [9.17, 15) is 14.3 Å². The topological polar surface area (TPSA) is 58.4 Å². The lowest BCUT2D eigenvalue weighted by Crippen LogP contribution is -2.44. The van der Waals surface area contributed by atoms with Crippen LogP contribution in [0.4, 0.5) is 4.39 Å². The molecule has 5 rings (SSSR count). The molecule has 2 aliphatic carbocycles. The zero-order chi connectivity index (χ0) is 17.1. The number of benzene rings is 1. The molecule has 5 atom stereocenters. The smallest absolute Gasteiger partial charge is 0.229 e. The molecule has 1 aliphatic heterocycles. The van der Waals surface area contributed by atoms with Gasteiger partial charge in [0.05, 0.1) is 29.9 Å². The van der Waals surface area contributed by atoms with Gasteiger partial charge in [0.2, 0.25) is 5.91 Å². The van der Waals surface area contributed by atoms with Crippen molar-refractivity contribution in [3.8, 4) is 5.69 Å². The molecule has 1 aromatic carbocycles. The van der Waals surface area contributed by atoms with E-state index in [0.717, 1.165) is 25.1 Å². The van der Waals surface area contributed by atoms with E-state index in [1.54, 1.807) is 23.0 Å². The second-order valence-electron chi connectivity index (χ2n) is 7.59. The van der Waals surface area contributed by atoms with Crippen LogP contribution in [0.2, 0.25) is 0 Å². The molecule has 2 bridgehead atoms. The van der Waals surface area contributed by atoms with Crippen LogP contribution in [0.25, 0.3) is 5.69 Å². The molecule has 1 aromatic heterocycles. The van der Waals surface area contributed by atoms with E-state index < -0.39 is 0 Å². The Bertz CT molecular complexity index is 816. The monoisotopic (exact) mass is 341 g/mol. The summed E-state index contributed by atoms with van der Waals surface area (Å²) in [5.74, 6) is 1.20. The number of hydrogen-bond donors (Lipinski definition) is 1. The van der Waals surface area contributed by atoms with Gasteiger partial charge < -0.3 is 10.0 Å². The average Bonchev–Trinajstić information content (AvgIpc) is 3.31. The van der Waals surface area contributed by atoms with E-state index in [-0.39, 0.29) is 30.3 Å².